The quantitative estimate of drug-likeness (QED) is 0.801. The van der Waals surface area contributed by atoms with Gasteiger partial charge in [0.1, 0.15) is 11.9 Å². The fourth-order valence-electron chi connectivity index (χ4n) is 2.78. The van der Waals surface area contributed by atoms with E-state index >= 15 is 0 Å². The molecule has 0 aromatic carbocycles. The number of aromatic nitrogens is 2. The molecule has 0 saturated carbocycles. The molecular weight excluding hydrogens is 379 g/mol. The Hall–Kier alpha value is -2.66. The Morgan fingerprint density at radius 3 is 2.36 bits per heavy atom. The number of anilines is 1. The fourth-order valence-corrected chi connectivity index (χ4v) is 2.78. The number of furan rings is 1. The molecule has 1 amide bonds. The van der Waals surface area contributed by atoms with Crippen molar-refractivity contribution in [3.8, 4) is 0 Å². The Balaban J connectivity index is 1.60. The number of aliphatic hydroxyl groups excluding tert-OH is 1. The number of aliphatic hydroxyl groups is 1. The minimum Gasteiger partial charge on any atom is -0.453 e. The molecule has 2 unspecified atom stereocenters. The van der Waals surface area contributed by atoms with Gasteiger partial charge in [0.05, 0.1) is 5.56 Å². The molecule has 1 aliphatic heterocycles. The van der Waals surface area contributed by atoms with E-state index in [2.05, 4.69) is 9.97 Å². The fraction of sp³-hybridized carbons (Fsp3) is 0.471. The van der Waals surface area contributed by atoms with E-state index in [1.807, 2.05) is 0 Å². The predicted molar refractivity (Wildman–Crippen MR) is 92.5 cm³/mol. The number of carbonyl (C=O) groups is 1. The lowest BCUT2D eigenvalue weighted by atomic mass is 10.1. The Kier molecular flexibility index (Phi) is 5.57. The van der Waals surface area contributed by atoms with E-state index in [-0.39, 0.29) is 23.4 Å². The summed E-state index contributed by atoms with van der Waals surface area (Å²) in [6, 6.07) is 2.45. The smallest absolute Gasteiger partial charge is 0.419 e. The molecule has 3 N–H and O–H groups in total. The molecule has 8 nitrogen and oxygen atoms in total. The molecule has 1 aliphatic rings. The maximum Gasteiger partial charge on any atom is 0.419 e. The number of hydrogen-bond donors (Lipinski definition) is 2. The van der Waals surface area contributed by atoms with E-state index in [1.54, 1.807) is 16.7 Å². The van der Waals surface area contributed by atoms with Crippen LogP contribution < -0.4 is 10.6 Å². The summed E-state index contributed by atoms with van der Waals surface area (Å²) in [6.07, 6.45) is -4.00. The van der Waals surface area contributed by atoms with Crippen molar-refractivity contribution in [1.82, 2.24) is 14.9 Å². The molecule has 3 heterocycles. The second kappa shape index (κ2) is 7.76. The zero-order chi connectivity index (χ0) is 20.5. The largest absolute Gasteiger partial charge is 0.453 e. The summed E-state index contributed by atoms with van der Waals surface area (Å²) in [7, 11) is 0. The van der Waals surface area contributed by atoms with Crippen molar-refractivity contribution < 1.29 is 27.5 Å². The molecule has 28 heavy (non-hydrogen) atoms. The van der Waals surface area contributed by atoms with Crippen LogP contribution in [0.3, 0.4) is 0 Å². The highest BCUT2D eigenvalue weighted by Crippen LogP contribution is 2.28. The number of nitrogens with two attached hydrogens (primary N) is 1. The lowest BCUT2D eigenvalue weighted by Crippen LogP contribution is -2.49. The van der Waals surface area contributed by atoms with Gasteiger partial charge in [0.2, 0.25) is 5.95 Å². The van der Waals surface area contributed by atoms with Crippen molar-refractivity contribution in [2.75, 3.05) is 31.1 Å². The summed E-state index contributed by atoms with van der Waals surface area (Å²) >= 11 is 0. The van der Waals surface area contributed by atoms with Gasteiger partial charge in [-0.1, -0.05) is 0 Å². The van der Waals surface area contributed by atoms with Crippen LogP contribution in [0.4, 0.5) is 19.1 Å². The van der Waals surface area contributed by atoms with Crippen molar-refractivity contribution in [2.45, 2.75) is 25.2 Å². The van der Waals surface area contributed by atoms with Gasteiger partial charge in [-0.05, 0) is 19.1 Å². The molecule has 0 spiro atoms. The second-order valence-corrected chi connectivity index (χ2v) is 6.55. The molecule has 2 atom stereocenters. The maximum atomic E-state index is 12.6. The molecule has 2 aromatic heterocycles. The Labute approximate surface area is 158 Å². The van der Waals surface area contributed by atoms with Gasteiger partial charge in [-0.15, -0.1) is 0 Å². The molecule has 1 saturated heterocycles. The van der Waals surface area contributed by atoms with Gasteiger partial charge < -0.3 is 25.1 Å². The zero-order valence-electron chi connectivity index (χ0n) is 15.1. The number of hydrogen-bond acceptors (Lipinski definition) is 7. The van der Waals surface area contributed by atoms with Crippen LogP contribution in [0.15, 0.2) is 28.9 Å². The van der Waals surface area contributed by atoms with Gasteiger partial charge in [0, 0.05) is 44.6 Å². The predicted octanol–water partition coefficient (Wildman–Crippen LogP) is 1.43. The molecule has 0 bridgehead atoms. The summed E-state index contributed by atoms with van der Waals surface area (Å²) in [6.45, 7) is 3.02. The van der Waals surface area contributed by atoms with Gasteiger partial charge >= 0.3 is 6.18 Å². The second-order valence-electron chi connectivity index (χ2n) is 6.55. The van der Waals surface area contributed by atoms with E-state index in [4.69, 9.17) is 10.2 Å². The van der Waals surface area contributed by atoms with E-state index in [1.165, 1.54) is 12.1 Å². The highest BCUT2D eigenvalue weighted by molar-refractivity contribution is 5.91. The molecular formula is C17H20F3N5O3. The molecule has 152 valence electrons. The number of carbonyl (C=O) groups excluding carboxylic acids is 1. The number of amides is 1. The molecule has 3 rings (SSSR count). The average molecular weight is 399 g/mol. The normalized spacial score (nSPS) is 17.5. The Morgan fingerprint density at radius 2 is 1.82 bits per heavy atom. The third-order valence-electron chi connectivity index (χ3n) is 4.44. The number of rotatable bonds is 4. The third kappa shape index (κ3) is 4.25. The van der Waals surface area contributed by atoms with E-state index in [0.29, 0.717) is 26.2 Å². The average Bonchev–Trinajstić information content (AvgIpc) is 3.16. The zero-order valence-corrected chi connectivity index (χ0v) is 15.1. The van der Waals surface area contributed by atoms with Gasteiger partial charge in [-0.2, -0.15) is 13.2 Å². The first kappa shape index (κ1) is 20.1. The van der Waals surface area contributed by atoms with Gasteiger partial charge in [-0.25, -0.2) is 9.97 Å². The first-order chi connectivity index (χ1) is 13.2. The van der Waals surface area contributed by atoms with Crippen LogP contribution >= 0.6 is 0 Å². The lowest BCUT2D eigenvalue weighted by Gasteiger charge is -2.34. The summed E-state index contributed by atoms with van der Waals surface area (Å²) in [5, 5.41) is 9.90. The summed E-state index contributed by atoms with van der Waals surface area (Å²) in [5.41, 5.74) is 4.71. The van der Waals surface area contributed by atoms with Crippen LogP contribution in [0, 0.1) is 0 Å². The van der Waals surface area contributed by atoms with Gasteiger partial charge in [-0.3, -0.25) is 4.79 Å². The van der Waals surface area contributed by atoms with Crippen LogP contribution in [0.2, 0.25) is 0 Å². The maximum absolute atomic E-state index is 12.6. The van der Waals surface area contributed by atoms with Crippen LogP contribution in [0.1, 0.15) is 34.9 Å². The lowest BCUT2D eigenvalue weighted by molar-refractivity contribution is -0.138. The van der Waals surface area contributed by atoms with Crippen molar-refractivity contribution in [3.63, 3.8) is 0 Å². The van der Waals surface area contributed by atoms with Crippen molar-refractivity contribution in [3.05, 3.63) is 41.6 Å². The van der Waals surface area contributed by atoms with Crippen LogP contribution in [-0.2, 0) is 6.18 Å². The Morgan fingerprint density at radius 1 is 1.21 bits per heavy atom. The minimum atomic E-state index is -4.49. The molecule has 11 heteroatoms. The first-order valence-electron chi connectivity index (χ1n) is 8.63. The van der Waals surface area contributed by atoms with E-state index < -0.39 is 23.9 Å². The summed E-state index contributed by atoms with van der Waals surface area (Å²) in [5.74, 6) is 0.153. The number of nitrogens with zero attached hydrogens (tertiary/aromatic N) is 4. The molecule has 0 radical (unpaired) electrons. The highest BCUT2D eigenvalue weighted by atomic mass is 19.4. The third-order valence-corrected chi connectivity index (χ3v) is 4.44. The topological polar surface area (TPSA) is 109 Å². The SMILES string of the molecule is CC(N)C(O)c1ccc(C(=O)N2CCN(c3ncc(C(F)(F)F)cn3)CC2)o1. The van der Waals surface area contributed by atoms with Crippen molar-refractivity contribution in [1.29, 1.82) is 0 Å². The molecule has 0 aliphatic carbocycles. The van der Waals surface area contributed by atoms with Gasteiger partial charge in [0.25, 0.3) is 5.91 Å². The molecule has 1 fully saturated rings. The van der Waals surface area contributed by atoms with Gasteiger partial charge in [0.15, 0.2) is 5.76 Å². The van der Waals surface area contributed by atoms with Crippen molar-refractivity contribution >= 4 is 11.9 Å². The Bertz CT molecular complexity index is 814. The number of halogens is 3. The van der Waals surface area contributed by atoms with Crippen LogP contribution in [-0.4, -0.2) is 58.1 Å². The van der Waals surface area contributed by atoms with Crippen LogP contribution in [0.5, 0.6) is 0 Å². The van der Waals surface area contributed by atoms with E-state index in [0.717, 1.165) is 12.4 Å². The van der Waals surface area contributed by atoms with Crippen molar-refractivity contribution in [2.24, 2.45) is 5.73 Å². The van der Waals surface area contributed by atoms with E-state index in [9.17, 15) is 23.1 Å². The highest BCUT2D eigenvalue weighted by Gasteiger charge is 2.32. The first-order valence-corrected chi connectivity index (χ1v) is 8.63. The molecule has 2 aromatic rings. The summed E-state index contributed by atoms with van der Waals surface area (Å²) in [4.78, 5) is 23.3. The monoisotopic (exact) mass is 399 g/mol. The standard InChI is InChI=1S/C17H20F3N5O3/c1-10(21)14(26)12-2-3-13(28-12)15(27)24-4-6-25(7-5-24)16-22-8-11(9-23-16)17(18,19)20/h2-3,8-10,14,26H,4-7,21H2,1H3. The van der Waals surface area contributed by atoms with Crippen LogP contribution in [0.25, 0.3) is 0 Å². The minimum absolute atomic E-state index is 0.0916. The number of piperazine rings is 1. The number of alkyl halides is 3. The summed E-state index contributed by atoms with van der Waals surface area (Å²) < 4.78 is 43.2.